The molecule has 0 fully saturated rings. The monoisotopic (exact) mass is 368 g/mol. The zero-order valence-electron chi connectivity index (χ0n) is 14.8. The van der Waals surface area contributed by atoms with Crippen molar-refractivity contribution in [2.45, 2.75) is 9.64 Å². The van der Waals surface area contributed by atoms with Gasteiger partial charge in [0.2, 0.25) is 0 Å². The summed E-state index contributed by atoms with van der Waals surface area (Å²) in [5, 5.41) is 10.5. The molecular weight excluding hydrogens is 348 g/mol. The zero-order valence-corrected chi connectivity index (χ0v) is 15.6. The van der Waals surface area contributed by atoms with Crippen LogP contribution in [0.4, 0.5) is 0 Å². The molecule has 2 heteroatoms. The Morgan fingerprint density at radius 2 is 0.852 bits per heavy atom. The van der Waals surface area contributed by atoms with E-state index in [-0.39, 0.29) is 0 Å². The van der Waals surface area contributed by atoms with Crippen LogP contribution in [0.1, 0.15) is 16.7 Å². The summed E-state index contributed by atoms with van der Waals surface area (Å²) < 4.78 is -0.470. The van der Waals surface area contributed by atoms with E-state index in [0.29, 0.717) is 5.75 Å². The predicted octanol–water partition coefficient (Wildman–Crippen LogP) is 6.48. The molecule has 4 aromatic rings. The lowest BCUT2D eigenvalue weighted by molar-refractivity contribution is 0.462. The SMILES string of the molecule is Oc1ccccc1SC(c1ccccc1)(c1ccccc1)c1ccccc1. The molecule has 0 atom stereocenters. The summed E-state index contributed by atoms with van der Waals surface area (Å²) >= 11 is 1.67. The highest BCUT2D eigenvalue weighted by Gasteiger charge is 2.38. The normalized spacial score (nSPS) is 11.3. The number of phenolic OH excluding ortho intramolecular Hbond substituents is 1. The molecule has 0 aliphatic rings. The Bertz CT molecular complexity index is 901. The largest absolute Gasteiger partial charge is 0.507 e. The van der Waals surface area contributed by atoms with Crippen molar-refractivity contribution in [3.8, 4) is 5.75 Å². The number of benzene rings is 4. The van der Waals surface area contributed by atoms with Gasteiger partial charge >= 0.3 is 0 Å². The topological polar surface area (TPSA) is 20.2 Å². The zero-order chi connectivity index (χ0) is 18.5. The van der Waals surface area contributed by atoms with Crippen LogP contribution in [0.25, 0.3) is 0 Å². The first kappa shape index (κ1) is 17.4. The van der Waals surface area contributed by atoms with Crippen LogP contribution >= 0.6 is 11.8 Å². The Morgan fingerprint density at radius 3 is 1.26 bits per heavy atom. The van der Waals surface area contributed by atoms with Crippen molar-refractivity contribution < 1.29 is 5.11 Å². The Labute approximate surface area is 164 Å². The molecule has 0 aromatic heterocycles. The molecule has 1 N–H and O–H groups in total. The molecule has 0 unspecified atom stereocenters. The summed E-state index contributed by atoms with van der Waals surface area (Å²) in [6.07, 6.45) is 0. The third kappa shape index (κ3) is 3.36. The summed E-state index contributed by atoms with van der Waals surface area (Å²) in [6.45, 7) is 0. The van der Waals surface area contributed by atoms with E-state index in [1.54, 1.807) is 17.8 Å². The fourth-order valence-corrected chi connectivity index (χ4v) is 4.81. The third-order valence-electron chi connectivity index (χ3n) is 4.67. The van der Waals surface area contributed by atoms with Crippen LogP contribution in [0.5, 0.6) is 5.75 Å². The number of phenols is 1. The minimum atomic E-state index is -0.470. The molecule has 0 heterocycles. The van der Waals surface area contributed by atoms with E-state index in [9.17, 15) is 5.11 Å². The highest BCUT2D eigenvalue weighted by Crippen LogP contribution is 2.53. The average molecular weight is 369 g/mol. The van der Waals surface area contributed by atoms with Crippen LogP contribution in [0.2, 0.25) is 0 Å². The number of hydrogen-bond acceptors (Lipinski definition) is 2. The van der Waals surface area contributed by atoms with Gasteiger partial charge < -0.3 is 5.11 Å². The van der Waals surface area contributed by atoms with Gasteiger partial charge in [-0.25, -0.2) is 0 Å². The van der Waals surface area contributed by atoms with Gasteiger partial charge in [0.25, 0.3) is 0 Å². The Morgan fingerprint density at radius 1 is 0.481 bits per heavy atom. The van der Waals surface area contributed by atoms with Crippen LogP contribution in [-0.4, -0.2) is 5.11 Å². The first-order valence-electron chi connectivity index (χ1n) is 8.94. The van der Waals surface area contributed by atoms with Crippen molar-refractivity contribution in [3.63, 3.8) is 0 Å². The van der Waals surface area contributed by atoms with Gasteiger partial charge in [-0.2, -0.15) is 0 Å². The maximum Gasteiger partial charge on any atom is 0.129 e. The maximum absolute atomic E-state index is 10.5. The summed E-state index contributed by atoms with van der Waals surface area (Å²) in [6, 6.07) is 39.0. The Balaban J connectivity index is 2.02. The van der Waals surface area contributed by atoms with Crippen molar-refractivity contribution in [2.24, 2.45) is 0 Å². The van der Waals surface area contributed by atoms with E-state index in [1.165, 1.54) is 16.7 Å². The summed E-state index contributed by atoms with van der Waals surface area (Å²) in [7, 11) is 0. The van der Waals surface area contributed by atoms with Crippen molar-refractivity contribution in [1.29, 1.82) is 0 Å². The Hall–Kier alpha value is -2.97. The second-order valence-electron chi connectivity index (χ2n) is 6.35. The molecule has 27 heavy (non-hydrogen) atoms. The van der Waals surface area contributed by atoms with Crippen LogP contribution in [0.15, 0.2) is 120 Å². The molecule has 0 radical (unpaired) electrons. The van der Waals surface area contributed by atoms with E-state index in [4.69, 9.17) is 0 Å². The quantitative estimate of drug-likeness (QED) is 0.321. The standard InChI is InChI=1S/C25H20OS/c26-23-18-10-11-19-24(23)27-25(20-12-4-1-5-13-20,21-14-6-2-7-15-21)22-16-8-3-9-17-22/h1-19,26H. The average Bonchev–Trinajstić information content (AvgIpc) is 2.75. The molecule has 0 spiro atoms. The molecular formula is C25H20OS. The summed E-state index contributed by atoms with van der Waals surface area (Å²) in [5.41, 5.74) is 3.53. The summed E-state index contributed by atoms with van der Waals surface area (Å²) in [5.74, 6) is 0.301. The van der Waals surface area contributed by atoms with E-state index in [2.05, 4.69) is 72.8 Å². The van der Waals surface area contributed by atoms with Gasteiger partial charge in [0.15, 0.2) is 0 Å². The lowest BCUT2D eigenvalue weighted by Crippen LogP contribution is -2.25. The van der Waals surface area contributed by atoms with Gasteiger partial charge in [0.05, 0.1) is 9.64 Å². The minimum Gasteiger partial charge on any atom is -0.507 e. The molecule has 1 nitrogen and oxygen atoms in total. The summed E-state index contributed by atoms with van der Waals surface area (Å²) in [4.78, 5) is 0.856. The van der Waals surface area contributed by atoms with Gasteiger partial charge in [-0.15, -0.1) is 11.8 Å². The van der Waals surface area contributed by atoms with E-state index >= 15 is 0 Å². The van der Waals surface area contributed by atoms with Gasteiger partial charge in [-0.1, -0.05) is 103 Å². The van der Waals surface area contributed by atoms with Crippen molar-refractivity contribution in [2.75, 3.05) is 0 Å². The Kier molecular flexibility index (Phi) is 4.99. The molecule has 4 rings (SSSR count). The van der Waals surface area contributed by atoms with E-state index < -0.39 is 4.75 Å². The fourth-order valence-electron chi connectivity index (χ4n) is 3.40. The third-order valence-corrected chi connectivity index (χ3v) is 6.25. The predicted molar refractivity (Wildman–Crippen MR) is 113 cm³/mol. The number of thioether (sulfide) groups is 1. The van der Waals surface area contributed by atoms with E-state index in [1.807, 2.05) is 36.4 Å². The van der Waals surface area contributed by atoms with Crippen molar-refractivity contribution in [1.82, 2.24) is 0 Å². The first-order valence-corrected chi connectivity index (χ1v) is 9.76. The number of hydrogen-bond donors (Lipinski definition) is 1. The molecule has 0 saturated heterocycles. The van der Waals surface area contributed by atoms with Crippen LogP contribution < -0.4 is 0 Å². The maximum atomic E-state index is 10.5. The lowest BCUT2D eigenvalue weighted by Gasteiger charge is -2.35. The molecule has 0 saturated carbocycles. The minimum absolute atomic E-state index is 0.301. The highest BCUT2D eigenvalue weighted by atomic mass is 32.2. The second-order valence-corrected chi connectivity index (χ2v) is 7.61. The van der Waals surface area contributed by atoms with Crippen molar-refractivity contribution in [3.05, 3.63) is 132 Å². The molecule has 0 aliphatic heterocycles. The van der Waals surface area contributed by atoms with Crippen LogP contribution in [0, 0.1) is 0 Å². The highest BCUT2D eigenvalue weighted by molar-refractivity contribution is 8.00. The van der Waals surface area contributed by atoms with Crippen LogP contribution in [0.3, 0.4) is 0 Å². The smallest absolute Gasteiger partial charge is 0.129 e. The van der Waals surface area contributed by atoms with Gasteiger partial charge in [0.1, 0.15) is 5.75 Å². The van der Waals surface area contributed by atoms with Crippen LogP contribution in [-0.2, 0) is 4.75 Å². The lowest BCUT2D eigenvalue weighted by atomic mass is 9.84. The molecule has 132 valence electrons. The molecule has 0 aliphatic carbocycles. The molecule has 4 aromatic carbocycles. The number of rotatable bonds is 5. The second kappa shape index (κ2) is 7.73. The van der Waals surface area contributed by atoms with Gasteiger partial charge in [-0.3, -0.25) is 0 Å². The fraction of sp³-hybridized carbons (Fsp3) is 0.0400. The number of para-hydroxylation sites is 1. The van der Waals surface area contributed by atoms with Gasteiger partial charge in [0, 0.05) is 0 Å². The number of aromatic hydroxyl groups is 1. The van der Waals surface area contributed by atoms with E-state index in [0.717, 1.165) is 4.90 Å². The molecule has 0 bridgehead atoms. The van der Waals surface area contributed by atoms with Gasteiger partial charge in [-0.05, 0) is 28.8 Å². The first-order chi connectivity index (χ1) is 13.3. The van der Waals surface area contributed by atoms with Crippen molar-refractivity contribution >= 4 is 11.8 Å². The molecule has 0 amide bonds.